The molecule has 1 aromatic carbocycles. The number of amides is 1. The van der Waals surface area contributed by atoms with Crippen LogP contribution >= 0.6 is 0 Å². The minimum absolute atomic E-state index is 0.00377. The summed E-state index contributed by atoms with van der Waals surface area (Å²) in [5, 5.41) is 19.8. The van der Waals surface area contributed by atoms with Crippen molar-refractivity contribution < 1.29 is 18.0 Å². The van der Waals surface area contributed by atoms with Crippen LogP contribution in [0.4, 0.5) is 13.2 Å². The number of nitriles is 1. The van der Waals surface area contributed by atoms with Crippen LogP contribution in [0.2, 0.25) is 0 Å². The minimum atomic E-state index is -4.57. The van der Waals surface area contributed by atoms with Gasteiger partial charge in [0.25, 0.3) is 0 Å². The van der Waals surface area contributed by atoms with Crippen molar-refractivity contribution in [3.63, 3.8) is 0 Å². The van der Waals surface area contributed by atoms with Crippen molar-refractivity contribution in [1.82, 2.24) is 30.2 Å². The van der Waals surface area contributed by atoms with Gasteiger partial charge in [-0.1, -0.05) is 17.3 Å². The van der Waals surface area contributed by atoms with Gasteiger partial charge in [0.2, 0.25) is 5.91 Å². The molecule has 2 aromatic heterocycles. The summed E-state index contributed by atoms with van der Waals surface area (Å²) < 4.78 is 42.9. The van der Waals surface area contributed by atoms with Gasteiger partial charge in [0.15, 0.2) is 5.69 Å². The SMILES string of the molecule is CC(C(=O)NCCCc1ccc(-c2cc3c(nnn3C)c(C#N)n2)cc1C(F)(F)F)N(C)C. The molecule has 1 unspecified atom stereocenters. The highest BCUT2D eigenvalue weighted by molar-refractivity contribution is 5.83. The highest BCUT2D eigenvalue weighted by atomic mass is 19.4. The molecule has 33 heavy (non-hydrogen) atoms. The second-order valence-corrected chi connectivity index (χ2v) is 7.95. The molecule has 174 valence electrons. The summed E-state index contributed by atoms with van der Waals surface area (Å²) in [6, 6.07) is 7.17. The van der Waals surface area contributed by atoms with Crippen molar-refractivity contribution in [2.45, 2.75) is 32.0 Å². The minimum Gasteiger partial charge on any atom is -0.355 e. The number of halogens is 3. The van der Waals surface area contributed by atoms with Crippen LogP contribution in [0.3, 0.4) is 0 Å². The molecule has 0 saturated heterocycles. The molecule has 0 bridgehead atoms. The maximum Gasteiger partial charge on any atom is 0.416 e. The lowest BCUT2D eigenvalue weighted by molar-refractivity contribution is -0.138. The maximum absolute atomic E-state index is 13.8. The fourth-order valence-corrected chi connectivity index (χ4v) is 3.35. The van der Waals surface area contributed by atoms with E-state index in [0.717, 1.165) is 6.07 Å². The highest BCUT2D eigenvalue weighted by Crippen LogP contribution is 2.35. The van der Waals surface area contributed by atoms with E-state index in [0.29, 0.717) is 17.5 Å². The zero-order valence-corrected chi connectivity index (χ0v) is 18.7. The lowest BCUT2D eigenvalue weighted by Crippen LogP contribution is -2.41. The molecule has 0 radical (unpaired) electrons. The van der Waals surface area contributed by atoms with Crippen LogP contribution in [0.5, 0.6) is 0 Å². The van der Waals surface area contributed by atoms with Gasteiger partial charge in [-0.15, -0.1) is 5.10 Å². The molecule has 0 fully saturated rings. The van der Waals surface area contributed by atoms with Gasteiger partial charge in [0.1, 0.15) is 11.6 Å². The van der Waals surface area contributed by atoms with E-state index >= 15 is 0 Å². The number of rotatable bonds is 7. The molecule has 11 heteroatoms. The number of fused-ring (bicyclic) bond motifs is 1. The molecule has 1 N–H and O–H groups in total. The van der Waals surface area contributed by atoms with Crippen molar-refractivity contribution in [3.05, 3.63) is 41.1 Å². The number of carbonyl (C=O) groups is 1. The van der Waals surface area contributed by atoms with E-state index in [1.165, 1.54) is 10.7 Å². The third kappa shape index (κ3) is 5.28. The molecule has 1 amide bonds. The van der Waals surface area contributed by atoms with Gasteiger partial charge < -0.3 is 5.32 Å². The predicted molar refractivity (Wildman–Crippen MR) is 116 cm³/mol. The van der Waals surface area contributed by atoms with Gasteiger partial charge in [-0.2, -0.15) is 18.4 Å². The molecular formula is C22H24F3N7O. The molecule has 2 heterocycles. The van der Waals surface area contributed by atoms with Crippen molar-refractivity contribution in [2.75, 3.05) is 20.6 Å². The molecule has 0 aliphatic rings. The molecule has 0 aliphatic heterocycles. The first-order chi connectivity index (χ1) is 15.5. The Morgan fingerprint density at radius 3 is 2.67 bits per heavy atom. The normalized spacial score (nSPS) is 12.7. The van der Waals surface area contributed by atoms with Gasteiger partial charge in [-0.3, -0.25) is 9.69 Å². The van der Waals surface area contributed by atoms with Gasteiger partial charge >= 0.3 is 6.18 Å². The smallest absolute Gasteiger partial charge is 0.355 e. The van der Waals surface area contributed by atoms with Crippen molar-refractivity contribution in [3.8, 4) is 17.3 Å². The Morgan fingerprint density at radius 1 is 1.30 bits per heavy atom. The fourth-order valence-electron chi connectivity index (χ4n) is 3.35. The quantitative estimate of drug-likeness (QED) is 0.546. The topological polar surface area (TPSA) is 99.7 Å². The molecule has 0 saturated carbocycles. The number of benzene rings is 1. The van der Waals surface area contributed by atoms with Crippen LogP contribution in [0.1, 0.15) is 30.2 Å². The van der Waals surface area contributed by atoms with Crippen LogP contribution in [-0.2, 0) is 24.4 Å². The second kappa shape index (κ2) is 9.54. The Bertz CT molecular complexity index is 1210. The van der Waals surface area contributed by atoms with Gasteiger partial charge in [-0.05, 0) is 51.6 Å². The van der Waals surface area contributed by atoms with Crippen molar-refractivity contribution in [2.24, 2.45) is 7.05 Å². The zero-order valence-electron chi connectivity index (χ0n) is 18.7. The number of nitrogens with zero attached hydrogens (tertiary/aromatic N) is 6. The number of pyridine rings is 1. The van der Waals surface area contributed by atoms with Crippen LogP contribution in [0, 0.1) is 11.3 Å². The molecular weight excluding hydrogens is 435 g/mol. The van der Waals surface area contributed by atoms with Crippen LogP contribution in [0.25, 0.3) is 22.3 Å². The van der Waals surface area contributed by atoms with Gasteiger partial charge in [0.05, 0.1) is 22.8 Å². The first-order valence-electron chi connectivity index (χ1n) is 10.3. The Labute approximate surface area is 189 Å². The van der Waals surface area contributed by atoms with E-state index in [1.54, 1.807) is 45.1 Å². The number of likely N-dealkylation sites (N-methyl/N-ethyl adjacent to an activating group) is 1. The maximum atomic E-state index is 13.8. The van der Waals surface area contributed by atoms with Gasteiger partial charge in [-0.25, -0.2) is 9.67 Å². The summed E-state index contributed by atoms with van der Waals surface area (Å²) in [6.07, 6.45) is -4.06. The van der Waals surface area contributed by atoms with E-state index in [1.807, 2.05) is 6.07 Å². The number of alkyl halides is 3. The third-order valence-electron chi connectivity index (χ3n) is 5.49. The lowest BCUT2D eigenvalue weighted by Gasteiger charge is -2.19. The average Bonchev–Trinajstić information content (AvgIpc) is 3.15. The summed E-state index contributed by atoms with van der Waals surface area (Å²) in [5.74, 6) is -0.175. The highest BCUT2D eigenvalue weighted by Gasteiger charge is 2.33. The summed E-state index contributed by atoms with van der Waals surface area (Å²) in [5.41, 5.74) is 0.613. The first-order valence-corrected chi connectivity index (χ1v) is 10.3. The van der Waals surface area contributed by atoms with E-state index in [-0.39, 0.29) is 47.4 Å². The monoisotopic (exact) mass is 459 g/mol. The Balaban J connectivity index is 1.85. The number of hydrogen-bond donors (Lipinski definition) is 1. The zero-order chi connectivity index (χ0) is 24.3. The van der Waals surface area contributed by atoms with E-state index in [2.05, 4.69) is 20.6 Å². The van der Waals surface area contributed by atoms with Crippen molar-refractivity contribution >= 4 is 16.9 Å². The summed E-state index contributed by atoms with van der Waals surface area (Å²) in [6.45, 7) is 2.02. The van der Waals surface area contributed by atoms with Crippen molar-refractivity contribution in [1.29, 1.82) is 5.26 Å². The lowest BCUT2D eigenvalue weighted by atomic mass is 9.98. The Hall–Kier alpha value is -3.52. The summed E-state index contributed by atoms with van der Waals surface area (Å²) >= 11 is 0. The standard InChI is InChI=1S/C22H24F3N7O/c1-13(31(2)3)21(33)27-9-5-6-14-7-8-15(10-16(14)22(23,24)25)17-11-19-20(18(12-26)28-17)29-30-32(19)4/h7-8,10-11,13H,5-6,9H2,1-4H3,(H,27,33). The number of carbonyl (C=O) groups excluding carboxylic acids is 1. The average molecular weight is 459 g/mol. The number of hydrogen-bond acceptors (Lipinski definition) is 6. The molecule has 8 nitrogen and oxygen atoms in total. The first kappa shape index (κ1) is 24.1. The number of aryl methyl sites for hydroxylation is 2. The third-order valence-corrected chi connectivity index (χ3v) is 5.49. The number of aromatic nitrogens is 4. The van der Waals surface area contributed by atoms with E-state index < -0.39 is 11.7 Å². The van der Waals surface area contributed by atoms with Gasteiger partial charge in [0, 0.05) is 19.2 Å². The molecule has 3 rings (SSSR count). The Kier molecular flexibility index (Phi) is 6.98. The predicted octanol–water partition coefficient (Wildman–Crippen LogP) is 2.92. The van der Waals surface area contributed by atoms with Crippen LogP contribution < -0.4 is 5.32 Å². The number of nitrogens with one attached hydrogen (secondary N) is 1. The molecule has 3 aromatic rings. The van der Waals surface area contributed by atoms with Crippen LogP contribution in [0.15, 0.2) is 24.3 Å². The largest absolute Gasteiger partial charge is 0.416 e. The van der Waals surface area contributed by atoms with Crippen LogP contribution in [-0.4, -0.2) is 57.5 Å². The van der Waals surface area contributed by atoms with E-state index in [4.69, 9.17) is 0 Å². The molecule has 0 spiro atoms. The molecule has 1 atom stereocenters. The Morgan fingerprint density at radius 2 is 2.03 bits per heavy atom. The molecule has 0 aliphatic carbocycles. The second-order valence-electron chi connectivity index (χ2n) is 7.95. The fraction of sp³-hybridized carbons (Fsp3) is 0.409. The summed E-state index contributed by atoms with van der Waals surface area (Å²) in [4.78, 5) is 17.9. The van der Waals surface area contributed by atoms with E-state index in [9.17, 15) is 23.2 Å². The summed E-state index contributed by atoms with van der Waals surface area (Å²) in [7, 11) is 5.18.